The lowest BCUT2D eigenvalue weighted by Crippen LogP contribution is -2.59. The molecule has 0 fully saturated rings. The Kier molecular flexibility index (Phi) is 5.23. The molecule has 9 aromatic rings. The van der Waals surface area contributed by atoms with Gasteiger partial charge in [0.25, 0.3) is 6.71 Å². The molecule has 2 nitrogen and oxygen atoms in total. The maximum Gasteiger partial charge on any atom is 0.253 e. The summed E-state index contributed by atoms with van der Waals surface area (Å²) in [5.74, 6) is 0. The van der Waals surface area contributed by atoms with Gasteiger partial charge in [-0.15, -0.1) is 0 Å². The van der Waals surface area contributed by atoms with Crippen LogP contribution in [0, 0.1) is 0 Å². The van der Waals surface area contributed by atoms with E-state index in [1.54, 1.807) is 0 Å². The van der Waals surface area contributed by atoms with Crippen molar-refractivity contribution < 1.29 is 0 Å². The first kappa shape index (κ1) is 27.2. The lowest BCUT2D eigenvalue weighted by Gasteiger charge is -2.36. The van der Waals surface area contributed by atoms with Gasteiger partial charge in [-0.3, -0.25) is 0 Å². The fourth-order valence-corrected chi connectivity index (χ4v) is 9.15. The van der Waals surface area contributed by atoms with Gasteiger partial charge < -0.3 is 9.13 Å². The van der Waals surface area contributed by atoms with Crippen molar-refractivity contribution in [2.45, 2.75) is 26.2 Å². The molecule has 0 saturated heterocycles. The van der Waals surface area contributed by atoms with E-state index in [2.05, 4.69) is 175 Å². The average Bonchev–Trinajstić information content (AvgIpc) is 3.66. The monoisotopic (exact) mass is 624 g/mol. The van der Waals surface area contributed by atoms with Crippen LogP contribution in [-0.4, -0.2) is 15.8 Å². The van der Waals surface area contributed by atoms with Crippen LogP contribution in [-0.2, 0) is 5.41 Å². The highest BCUT2D eigenvalue weighted by Gasteiger charge is 2.43. The fraction of sp³-hybridized carbons (Fsp3) is 0.0870. The summed E-state index contributed by atoms with van der Waals surface area (Å²) in [6.07, 6.45) is 0. The Labute approximate surface area is 285 Å². The lowest BCUT2D eigenvalue weighted by atomic mass is 9.33. The second-order valence-electron chi connectivity index (χ2n) is 14.9. The molecule has 0 bridgehead atoms. The third-order valence-electron chi connectivity index (χ3n) is 11.2. The summed E-state index contributed by atoms with van der Waals surface area (Å²) in [6.45, 7) is 7.13. The Morgan fingerprint density at radius 1 is 0.490 bits per heavy atom. The van der Waals surface area contributed by atoms with Crippen LogP contribution >= 0.6 is 0 Å². The van der Waals surface area contributed by atoms with E-state index in [1.807, 2.05) is 0 Å². The molecule has 0 saturated carbocycles. The molecule has 0 unspecified atom stereocenters. The van der Waals surface area contributed by atoms with E-state index in [1.165, 1.54) is 99.2 Å². The zero-order valence-electron chi connectivity index (χ0n) is 27.8. The van der Waals surface area contributed by atoms with Gasteiger partial charge >= 0.3 is 0 Å². The van der Waals surface area contributed by atoms with Crippen LogP contribution in [0.2, 0.25) is 0 Å². The summed E-state index contributed by atoms with van der Waals surface area (Å²) in [7, 11) is 0. The first-order valence-corrected chi connectivity index (χ1v) is 17.4. The summed E-state index contributed by atoms with van der Waals surface area (Å²) in [5, 5.41) is 6.57. The topological polar surface area (TPSA) is 9.86 Å². The maximum atomic E-state index is 2.65. The molecule has 11 rings (SSSR count). The van der Waals surface area contributed by atoms with Gasteiger partial charge in [0.05, 0.1) is 16.7 Å². The number of hydrogen-bond donors (Lipinski definition) is 0. The number of benzene rings is 7. The smallest absolute Gasteiger partial charge is 0.253 e. The summed E-state index contributed by atoms with van der Waals surface area (Å²) in [6, 6.07) is 54.6. The van der Waals surface area contributed by atoms with Gasteiger partial charge in [0, 0.05) is 38.6 Å². The van der Waals surface area contributed by atoms with Crippen LogP contribution in [0.4, 0.5) is 0 Å². The number of nitrogens with zero attached hydrogens (tertiary/aromatic N) is 2. The molecule has 2 aromatic heterocycles. The van der Waals surface area contributed by atoms with Crippen molar-refractivity contribution in [1.82, 2.24) is 9.13 Å². The van der Waals surface area contributed by atoms with E-state index >= 15 is 0 Å². The Morgan fingerprint density at radius 3 is 1.88 bits per heavy atom. The van der Waals surface area contributed by atoms with Crippen LogP contribution in [0.5, 0.6) is 0 Å². The zero-order valence-corrected chi connectivity index (χ0v) is 27.8. The van der Waals surface area contributed by atoms with Gasteiger partial charge in [-0.2, -0.15) is 0 Å². The molecule has 2 aliphatic heterocycles. The molecule has 7 aromatic carbocycles. The van der Waals surface area contributed by atoms with Crippen LogP contribution < -0.4 is 16.4 Å². The third kappa shape index (κ3) is 3.47. The molecular weight excluding hydrogens is 591 g/mol. The second kappa shape index (κ2) is 9.42. The van der Waals surface area contributed by atoms with E-state index in [9.17, 15) is 0 Å². The second-order valence-corrected chi connectivity index (χ2v) is 14.9. The maximum absolute atomic E-state index is 2.65. The molecular formula is C46H33BN2. The van der Waals surface area contributed by atoms with Crippen LogP contribution in [0.3, 0.4) is 0 Å². The Bertz CT molecular complexity index is 2850. The molecule has 0 radical (unpaired) electrons. The standard InChI is InChI=1S/C46H33BN2/c1-46(2,3)31-26-38-42-39(27-31)49-43(29-17-8-5-9-18-29)40(28-15-6-4-7-16-28)35-25-30-19-10-11-20-32(30)41(45(35)49)47(42)36-23-14-22-34-33-21-12-13-24-37(33)48(38)44(34)36/h4-27H,1-3H3. The average molecular weight is 625 g/mol. The third-order valence-corrected chi connectivity index (χ3v) is 11.2. The zero-order chi connectivity index (χ0) is 32.6. The molecule has 0 aliphatic carbocycles. The predicted octanol–water partition coefficient (Wildman–Crippen LogP) is 9.66. The van der Waals surface area contributed by atoms with E-state index < -0.39 is 0 Å². The summed E-state index contributed by atoms with van der Waals surface area (Å²) in [5.41, 5.74) is 17.0. The number of para-hydroxylation sites is 2. The van der Waals surface area contributed by atoms with Gasteiger partial charge in [0.2, 0.25) is 0 Å². The SMILES string of the molecule is CC(C)(C)c1cc2c3c(c1)-n1c4ccccc4c4cccc(c41)B3c1c3ccccc3cc3c(-c4ccccc4)c(-c4ccccc4)n-2c13. The minimum Gasteiger partial charge on any atom is -0.310 e. The highest BCUT2D eigenvalue weighted by molar-refractivity contribution is 7.01. The summed E-state index contributed by atoms with van der Waals surface area (Å²) in [4.78, 5) is 0. The van der Waals surface area contributed by atoms with Gasteiger partial charge in [-0.25, -0.2) is 0 Å². The van der Waals surface area contributed by atoms with E-state index in [0.29, 0.717) is 0 Å². The van der Waals surface area contributed by atoms with Crippen molar-refractivity contribution in [1.29, 1.82) is 0 Å². The molecule has 230 valence electrons. The van der Waals surface area contributed by atoms with Crippen molar-refractivity contribution in [2.24, 2.45) is 0 Å². The number of rotatable bonds is 2. The van der Waals surface area contributed by atoms with Gasteiger partial charge in [0.15, 0.2) is 0 Å². The molecule has 0 amide bonds. The lowest BCUT2D eigenvalue weighted by molar-refractivity contribution is 0.589. The molecule has 2 aliphatic rings. The van der Waals surface area contributed by atoms with Gasteiger partial charge in [-0.1, -0.05) is 142 Å². The molecule has 0 atom stereocenters. The highest BCUT2D eigenvalue weighted by atomic mass is 15.0. The van der Waals surface area contributed by atoms with Crippen molar-refractivity contribution in [2.75, 3.05) is 0 Å². The number of hydrogen-bond acceptors (Lipinski definition) is 0. The van der Waals surface area contributed by atoms with Crippen molar-refractivity contribution in [3.8, 4) is 33.8 Å². The van der Waals surface area contributed by atoms with Crippen molar-refractivity contribution >= 4 is 66.6 Å². The quantitative estimate of drug-likeness (QED) is 0.170. The number of fused-ring (bicyclic) bond motifs is 9. The van der Waals surface area contributed by atoms with Crippen LogP contribution in [0.1, 0.15) is 26.3 Å². The summed E-state index contributed by atoms with van der Waals surface area (Å²) < 4.78 is 5.23. The fourth-order valence-electron chi connectivity index (χ4n) is 9.15. The van der Waals surface area contributed by atoms with Crippen molar-refractivity contribution in [3.05, 3.63) is 151 Å². The Morgan fingerprint density at radius 2 is 1.12 bits per heavy atom. The molecule has 0 spiro atoms. The van der Waals surface area contributed by atoms with Crippen molar-refractivity contribution in [3.63, 3.8) is 0 Å². The minimum absolute atomic E-state index is 0.0504. The van der Waals surface area contributed by atoms with E-state index in [0.717, 1.165) is 0 Å². The summed E-state index contributed by atoms with van der Waals surface area (Å²) >= 11 is 0. The van der Waals surface area contributed by atoms with Gasteiger partial charge in [-0.05, 0) is 73.5 Å². The molecule has 4 heterocycles. The van der Waals surface area contributed by atoms with Gasteiger partial charge in [0.1, 0.15) is 0 Å². The number of aromatic nitrogens is 2. The highest BCUT2D eigenvalue weighted by Crippen LogP contribution is 2.46. The largest absolute Gasteiger partial charge is 0.310 e. The van der Waals surface area contributed by atoms with Crippen LogP contribution in [0.25, 0.3) is 77.2 Å². The Hall–Kier alpha value is -5.80. The first-order valence-electron chi connectivity index (χ1n) is 17.4. The first-order chi connectivity index (χ1) is 24.0. The molecule has 3 heteroatoms. The molecule has 49 heavy (non-hydrogen) atoms. The van der Waals surface area contributed by atoms with E-state index in [-0.39, 0.29) is 12.1 Å². The Balaban J connectivity index is 1.45. The molecule has 0 N–H and O–H groups in total. The normalized spacial score (nSPS) is 13.2. The predicted molar refractivity (Wildman–Crippen MR) is 209 cm³/mol. The van der Waals surface area contributed by atoms with E-state index in [4.69, 9.17) is 0 Å². The minimum atomic E-state index is -0.0504. The van der Waals surface area contributed by atoms with Crippen LogP contribution in [0.15, 0.2) is 146 Å².